The van der Waals surface area contributed by atoms with Crippen LogP contribution in [0.4, 0.5) is 0 Å². The number of nitrogens with zero attached hydrogens (tertiary/aromatic N) is 3. The van der Waals surface area contributed by atoms with Crippen molar-refractivity contribution in [2.75, 3.05) is 19.7 Å². The molecule has 0 aliphatic carbocycles. The van der Waals surface area contributed by atoms with Gasteiger partial charge in [0.2, 0.25) is 5.88 Å². The van der Waals surface area contributed by atoms with Crippen molar-refractivity contribution in [1.29, 1.82) is 0 Å². The molecule has 3 heterocycles. The highest BCUT2D eigenvalue weighted by atomic mass is 127. The second kappa shape index (κ2) is 4.28. The van der Waals surface area contributed by atoms with Crippen molar-refractivity contribution in [3.05, 3.63) is 11.8 Å². The zero-order valence-electron chi connectivity index (χ0n) is 10.9. The summed E-state index contributed by atoms with van der Waals surface area (Å²) in [6.45, 7) is 10.6. The molecule has 3 rings (SSSR count). The maximum Gasteiger partial charge on any atom is 0.215 e. The summed E-state index contributed by atoms with van der Waals surface area (Å²) >= 11 is 2.34. The van der Waals surface area contributed by atoms with E-state index >= 15 is 0 Å². The molecule has 0 saturated carbocycles. The van der Waals surface area contributed by atoms with Gasteiger partial charge in [0.15, 0.2) is 0 Å². The number of rotatable bonds is 1. The van der Waals surface area contributed by atoms with E-state index in [1.165, 1.54) is 5.56 Å². The minimum absolute atomic E-state index is 0.0990. The molecule has 1 saturated heterocycles. The lowest BCUT2D eigenvalue weighted by molar-refractivity contribution is -0.0212. The first-order valence-electron chi connectivity index (χ1n) is 6.16. The first-order valence-corrected chi connectivity index (χ1v) is 9.48. The summed E-state index contributed by atoms with van der Waals surface area (Å²) in [6, 6.07) is 0. The normalized spacial score (nSPS) is 22.4. The number of hydrogen-bond donors (Lipinski definition) is 0. The molecule has 0 N–H and O–H groups in total. The molecular weight excluding hydrogens is 361 g/mol. The average Bonchev–Trinajstić information content (AvgIpc) is 2.67. The Labute approximate surface area is 124 Å². The van der Waals surface area contributed by atoms with Gasteiger partial charge < -0.3 is 4.74 Å². The Morgan fingerprint density at radius 2 is 2.11 bits per heavy atom. The smallest absolute Gasteiger partial charge is 0.215 e. The highest BCUT2D eigenvalue weighted by Gasteiger charge is 2.47. The zero-order valence-corrected chi connectivity index (χ0v) is 13.9. The molecule has 0 unspecified atom stereocenters. The Morgan fingerprint density at radius 3 is 2.72 bits per heavy atom. The third-order valence-corrected chi connectivity index (χ3v) is 5.85. The van der Waals surface area contributed by atoms with Crippen LogP contribution < -0.4 is 4.74 Å². The van der Waals surface area contributed by atoms with Gasteiger partial charge in [0.1, 0.15) is 0 Å². The van der Waals surface area contributed by atoms with Gasteiger partial charge in [-0.15, -0.1) is 0 Å². The summed E-state index contributed by atoms with van der Waals surface area (Å²) in [5.41, 5.74) is 1.60. The van der Waals surface area contributed by atoms with E-state index in [0.717, 1.165) is 32.1 Å². The lowest BCUT2D eigenvalue weighted by Gasteiger charge is -2.49. The van der Waals surface area contributed by atoms with E-state index in [2.05, 4.69) is 56.1 Å². The second-order valence-corrected chi connectivity index (χ2v) is 8.26. The first-order chi connectivity index (χ1) is 8.43. The molecule has 1 aromatic rings. The van der Waals surface area contributed by atoms with Crippen LogP contribution in [0.3, 0.4) is 0 Å². The van der Waals surface area contributed by atoms with E-state index in [4.69, 9.17) is 4.74 Å². The molecule has 1 aromatic heterocycles. The van der Waals surface area contributed by atoms with Crippen LogP contribution in [-0.2, 0) is 12.0 Å². The Morgan fingerprint density at radius 1 is 1.39 bits per heavy atom. The Bertz CT molecular complexity index is 462. The molecule has 0 bridgehead atoms. The van der Waals surface area contributed by atoms with Crippen molar-refractivity contribution in [3.8, 4) is 5.88 Å². The molecule has 0 aromatic carbocycles. The molecule has 100 valence electrons. The van der Waals surface area contributed by atoms with E-state index in [-0.39, 0.29) is 10.8 Å². The molecule has 0 amide bonds. The third kappa shape index (κ3) is 2.06. The SMILES string of the molecule is CC(C)(C)c1cnn2c1OCC1(CN(SI)C1)C2. The number of fused-ring (bicyclic) bond motifs is 1. The van der Waals surface area contributed by atoms with Crippen molar-refractivity contribution in [2.45, 2.75) is 32.7 Å². The zero-order chi connectivity index (χ0) is 13.0. The maximum atomic E-state index is 6.03. The van der Waals surface area contributed by atoms with Gasteiger partial charge in [-0.2, -0.15) is 5.10 Å². The Kier molecular flexibility index (Phi) is 3.10. The monoisotopic (exact) mass is 379 g/mol. The number of ether oxygens (including phenoxy) is 1. The molecule has 1 spiro atoms. The van der Waals surface area contributed by atoms with E-state index in [1.807, 2.05) is 6.20 Å². The van der Waals surface area contributed by atoms with Crippen LogP contribution in [0.2, 0.25) is 0 Å². The Hall–Kier alpha value is 0.0500. The van der Waals surface area contributed by atoms with Crippen molar-refractivity contribution in [1.82, 2.24) is 14.1 Å². The average molecular weight is 379 g/mol. The largest absolute Gasteiger partial charge is 0.477 e. The van der Waals surface area contributed by atoms with Gasteiger partial charge in [-0.25, -0.2) is 8.99 Å². The summed E-state index contributed by atoms with van der Waals surface area (Å²) in [4.78, 5) is 0. The van der Waals surface area contributed by atoms with Gasteiger partial charge in [-0.3, -0.25) is 0 Å². The van der Waals surface area contributed by atoms with Crippen LogP contribution in [0.25, 0.3) is 0 Å². The van der Waals surface area contributed by atoms with E-state index in [0.29, 0.717) is 0 Å². The summed E-state index contributed by atoms with van der Waals surface area (Å²) in [7, 11) is 1.79. The van der Waals surface area contributed by atoms with Crippen LogP contribution in [-0.4, -0.2) is 33.8 Å². The van der Waals surface area contributed by atoms with Crippen LogP contribution >= 0.6 is 30.3 Å². The third-order valence-electron chi connectivity index (χ3n) is 3.72. The summed E-state index contributed by atoms with van der Waals surface area (Å²) in [5, 5.41) is 4.52. The molecular formula is C12H18IN3OS. The molecule has 6 heteroatoms. The predicted molar refractivity (Wildman–Crippen MR) is 82.0 cm³/mol. The van der Waals surface area contributed by atoms with Crippen LogP contribution in [0.15, 0.2) is 6.20 Å². The van der Waals surface area contributed by atoms with Gasteiger partial charge in [0.05, 0.1) is 24.8 Å². The number of aromatic nitrogens is 2. The molecule has 1 fully saturated rings. The van der Waals surface area contributed by atoms with Gasteiger partial charge in [0, 0.05) is 39.9 Å². The van der Waals surface area contributed by atoms with Gasteiger partial charge in [-0.05, 0) is 14.5 Å². The fourth-order valence-corrected chi connectivity index (χ4v) is 4.16. The van der Waals surface area contributed by atoms with E-state index < -0.39 is 0 Å². The first kappa shape index (κ1) is 13.1. The van der Waals surface area contributed by atoms with Crippen molar-refractivity contribution in [2.24, 2.45) is 5.41 Å². The molecule has 2 aliphatic rings. The fourth-order valence-electron chi connectivity index (χ4n) is 2.68. The lowest BCUT2D eigenvalue weighted by atomic mass is 9.81. The summed E-state index contributed by atoms with van der Waals surface area (Å²) in [5.74, 6) is 0.980. The van der Waals surface area contributed by atoms with Gasteiger partial charge in [-0.1, -0.05) is 20.8 Å². The fraction of sp³-hybridized carbons (Fsp3) is 0.750. The van der Waals surface area contributed by atoms with Crippen molar-refractivity contribution < 1.29 is 4.74 Å². The number of halogens is 1. The lowest BCUT2D eigenvalue weighted by Crippen LogP contribution is -2.59. The quantitative estimate of drug-likeness (QED) is 0.555. The predicted octanol–water partition coefficient (Wildman–Crippen LogP) is 2.87. The Balaban J connectivity index is 1.82. The van der Waals surface area contributed by atoms with Crippen molar-refractivity contribution in [3.63, 3.8) is 0 Å². The minimum Gasteiger partial charge on any atom is -0.477 e. The van der Waals surface area contributed by atoms with Crippen LogP contribution in [0.1, 0.15) is 26.3 Å². The molecule has 0 radical (unpaired) electrons. The van der Waals surface area contributed by atoms with Crippen molar-refractivity contribution >= 4 is 30.3 Å². The minimum atomic E-state index is 0.0990. The molecule has 18 heavy (non-hydrogen) atoms. The second-order valence-electron chi connectivity index (χ2n) is 6.43. The molecule has 2 aliphatic heterocycles. The van der Waals surface area contributed by atoms with E-state index in [1.54, 1.807) is 9.12 Å². The maximum absolute atomic E-state index is 6.03. The topological polar surface area (TPSA) is 30.3 Å². The highest BCUT2D eigenvalue weighted by Crippen LogP contribution is 2.44. The number of hydrogen-bond acceptors (Lipinski definition) is 4. The molecule has 4 nitrogen and oxygen atoms in total. The summed E-state index contributed by atoms with van der Waals surface area (Å²) in [6.07, 6.45) is 1.97. The van der Waals surface area contributed by atoms with Crippen LogP contribution in [0, 0.1) is 5.41 Å². The van der Waals surface area contributed by atoms with Gasteiger partial charge >= 0.3 is 0 Å². The van der Waals surface area contributed by atoms with Crippen LogP contribution in [0.5, 0.6) is 5.88 Å². The molecule has 0 atom stereocenters. The highest BCUT2D eigenvalue weighted by molar-refractivity contribution is 14.2. The van der Waals surface area contributed by atoms with Gasteiger partial charge in [0.25, 0.3) is 0 Å². The standard InChI is InChI=1S/C12H18IN3OS/c1-11(2,3)9-4-14-16-7-12(8-17-10(9)16)5-15(6-12)18-13/h4H,5-8H2,1-3H3. The summed E-state index contributed by atoms with van der Waals surface area (Å²) < 4.78 is 10.5. The van der Waals surface area contributed by atoms with E-state index in [9.17, 15) is 0 Å².